The summed E-state index contributed by atoms with van der Waals surface area (Å²) in [5, 5.41) is 3.31. The number of rotatable bonds is 4. The quantitative estimate of drug-likeness (QED) is 0.759. The van der Waals surface area contributed by atoms with Crippen molar-refractivity contribution < 1.29 is 4.74 Å². The van der Waals surface area contributed by atoms with Gasteiger partial charge in [0.2, 0.25) is 11.9 Å². The van der Waals surface area contributed by atoms with Crippen molar-refractivity contribution in [3.8, 4) is 11.4 Å². The van der Waals surface area contributed by atoms with E-state index in [9.17, 15) is 0 Å². The maximum Gasteiger partial charge on any atom is 0.232 e. The molecule has 28 heavy (non-hydrogen) atoms. The molecule has 0 saturated carbocycles. The second-order valence-electron chi connectivity index (χ2n) is 6.72. The summed E-state index contributed by atoms with van der Waals surface area (Å²) >= 11 is 0. The Bertz CT molecular complexity index is 1010. The molecule has 1 N–H and O–H groups in total. The number of anilines is 3. The van der Waals surface area contributed by atoms with Crippen LogP contribution in [0.3, 0.4) is 0 Å². The molecule has 1 fully saturated rings. The first-order valence-corrected chi connectivity index (χ1v) is 9.40. The van der Waals surface area contributed by atoms with Gasteiger partial charge in [-0.25, -0.2) is 0 Å². The van der Waals surface area contributed by atoms with Crippen molar-refractivity contribution >= 4 is 23.8 Å². The maximum absolute atomic E-state index is 5.48. The van der Waals surface area contributed by atoms with Gasteiger partial charge in [-0.2, -0.15) is 15.0 Å². The van der Waals surface area contributed by atoms with E-state index in [0.29, 0.717) is 37.5 Å². The zero-order valence-electron chi connectivity index (χ0n) is 15.4. The molecule has 2 aliphatic heterocycles. The van der Waals surface area contributed by atoms with Gasteiger partial charge >= 0.3 is 0 Å². The number of hydrogen-bond acceptors (Lipinski definition) is 7. The standard InChI is InChI=1S/C21H20N6O/c1-2-6-16(7-3-1)23-20-24-19(17-8-4-5-15-13-22-14-18(15)17)25-21(26-20)27-9-11-28-12-10-27/h1-8,14H,9-13H2,(H,23,24,25,26). The van der Waals surface area contributed by atoms with Crippen molar-refractivity contribution in [2.45, 2.75) is 6.54 Å². The number of aliphatic imine (C=N–C) groups is 1. The van der Waals surface area contributed by atoms with Crippen LogP contribution in [-0.4, -0.2) is 47.5 Å². The summed E-state index contributed by atoms with van der Waals surface area (Å²) in [5.41, 5.74) is 4.20. The lowest BCUT2D eigenvalue weighted by atomic mass is 10.0. The van der Waals surface area contributed by atoms with Gasteiger partial charge in [0.1, 0.15) is 0 Å². The zero-order chi connectivity index (χ0) is 18.8. The molecule has 140 valence electrons. The molecular weight excluding hydrogens is 352 g/mol. The summed E-state index contributed by atoms with van der Waals surface area (Å²) in [5.74, 6) is 1.85. The first-order chi connectivity index (χ1) is 13.9. The fraction of sp³-hybridized carbons (Fsp3) is 0.238. The van der Waals surface area contributed by atoms with Crippen LogP contribution >= 0.6 is 0 Å². The minimum absolute atomic E-state index is 0.533. The molecule has 0 atom stereocenters. The third kappa shape index (κ3) is 3.32. The number of ether oxygens (including phenoxy) is 1. The van der Waals surface area contributed by atoms with E-state index in [1.807, 2.05) is 48.7 Å². The van der Waals surface area contributed by atoms with Crippen LogP contribution in [-0.2, 0) is 11.3 Å². The molecule has 0 amide bonds. The van der Waals surface area contributed by atoms with Crippen LogP contribution in [0.15, 0.2) is 53.5 Å². The summed E-state index contributed by atoms with van der Waals surface area (Å²) in [6.45, 7) is 3.59. The van der Waals surface area contributed by atoms with Crippen LogP contribution < -0.4 is 10.2 Å². The SMILES string of the molecule is C1=NCc2cccc(-c3nc(Nc4ccccc4)nc(N4CCOCC4)n3)c21. The first-order valence-electron chi connectivity index (χ1n) is 9.40. The summed E-state index contributed by atoms with van der Waals surface area (Å²) < 4.78 is 5.48. The van der Waals surface area contributed by atoms with E-state index in [-0.39, 0.29) is 0 Å². The second-order valence-corrected chi connectivity index (χ2v) is 6.72. The molecule has 3 heterocycles. The summed E-state index contributed by atoms with van der Waals surface area (Å²) in [6, 6.07) is 16.1. The molecule has 2 aliphatic rings. The lowest BCUT2D eigenvalue weighted by molar-refractivity contribution is 0.122. The molecule has 1 aromatic heterocycles. The molecule has 7 nitrogen and oxygen atoms in total. The average Bonchev–Trinajstić information content (AvgIpc) is 3.24. The van der Waals surface area contributed by atoms with Crippen LogP contribution in [0.5, 0.6) is 0 Å². The number of aromatic nitrogens is 3. The number of morpholine rings is 1. The molecular formula is C21H20N6O. The van der Waals surface area contributed by atoms with Crippen molar-refractivity contribution in [1.82, 2.24) is 15.0 Å². The molecule has 0 bridgehead atoms. The molecule has 2 aromatic carbocycles. The van der Waals surface area contributed by atoms with Crippen molar-refractivity contribution in [2.24, 2.45) is 4.99 Å². The van der Waals surface area contributed by atoms with Gasteiger partial charge in [-0.05, 0) is 17.7 Å². The highest BCUT2D eigenvalue weighted by molar-refractivity contribution is 5.93. The van der Waals surface area contributed by atoms with E-state index in [2.05, 4.69) is 26.3 Å². The minimum Gasteiger partial charge on any atom is -0.378 e. The maximum atomic E-state index is 5.48. The highest BCUT2D eigenvalue weighted by Gasteiger charge is 2.20. The van der Waals surface area contributed by atoms with Crippen LogP contribution in [0.1, 0.15) is 11.1 Å². The predicted molar refractivity (Wildman–Crippen MR) is 109 cm³/mol. The number of benzene rings is 2. The predicted octanol–water partition coefficient (Wildman–Crippen LogP) is 3.05. The van der Waals surface area contributed by atoms with Gasteiger partial charge in [0.05, 0.1) is 19.8 Å². The monoisotopic (exact) mass is 372 g/mol. The third-order valence-electron chi connectivity index (χ3n) is 4.87. The molecule has 5 rings (SSSR count). The Morgan fingerprint density at radius 3 is 2.61 bits per heavy atom. The Morgan fingerprint density at radius 2 is 1.75 bits per heavy atom. The van der Waals surface area contributed by atoms with Gasteiger partial charge in [0.15, 0.2) is 5.82 Å². The van der Waals surface area contributed by atoms with Crippen LogP contribution in [0.4, 0.5) is 17.6 Å². The Kier molecular flexibility index (Phi) is 4.42. The molecule has 0 spiro atoms. The summed E-state index contributed by atoms with van der Waals surface area (Å²) in [7, 11) is 0. The van der Waals surface area contributed by atoms with Crippen molar-refractivity contribution in [1.29, 1.82) is 0 Å². The van der Waals surface area contributed by atoms with Gasteiger partial charge in [-0.15, -0.1) is 0 Å². The van der Waals surface area contributed by atoms with E-state index in [1.54, 1.807) is 0 Å². The van der Waals surface area contributed by atoms with E-state index >= 15 is 0 Å². The second kappa shape index (κ2) is 7.36. The normalized spacial score (nSPS) is 15.5. The Balaban J connectivity index is 1.59. The smallest absolute Gasteiger partial charge is 0.232 e. The lowest BCUT2D eigenvalue weighted by Gasteiger charge is -2.27. The summed E-state index contributed by atoms with van der Waals surface area (Å²) in [4.78, 5) is 20.7. The molecule has 0 radical (unpaired) electrons. The number of nitrogens with one attached hydrogen (secondary N) is 1. The summed E-state index contributed by atoms with van der Waals surface area (Å²) in [6.07, 6.45) is 1.91. The van der Waals surface area contributed by atoms with E-state index in [0.717, 1.165) is 29.9 Å². The Hall–Kier alpha value is -3.32. The zero-order valence-corrected chi connectivity index (χ0v) is 15.4. The van der Waals surface area contributed by atoms with Crippen LogP contribution in [0.2, 0.25) is 0 Å². The molecule has 3 aromatic rings. The number of nitrogens with zero attached hydrogens (tertiary/aromatic N) is 5. The fourth-order valence-corrected chi connectivity index (χ4v) is 3.43. The first kappa shape index (κ1) is 16.8. The van der Waals surface area contributed by atoms with Crippen molar-refractivity contribution in [2.75, 3.05) is 36.5 Å². The topological polar surface area (TPSA) is 75.5 Å². The molecule has 1 saturated heterocycles. The highest BCUT2D eigenvalue weighted by Crippen LogP contribution is 2.28. The third-order valence-corrected chi connectivity index (χ3v) is 4.87. The van der Waals surface area contributed by atoms with Crippen LogP contribution in [0, 0.1) is 0 Å². The van der Waals surface area contributed by atoms with E-state index in [4.69, 9.17) is 14.7 Å². The van der Waals surface area contributed by atoms with Gasteiger partial charge in [0, 0.05) is 36.1 Å². The lowest BCUT2D eigenvalue weighted by Crippen LogP contribution is -2.37. The van der Waals surface area contributed by atoms with Crippen molar-refractivity contribution in [3.05, 3.63) is 59.7 Å². The van der Waals surface area contributed by atoms with Gasteiger partial charge in [-0.3, -0.25) is 4.99 Å². The molecule has 7 heteroatoms. The largest absolute Gasteiger partial charge is 0.378 e. The highest BCUT2D eigenvalue weighted by atomic mass is 16.5. The molecule has 0 aliphatic carbocycles. The number of hydrogen-bond donors (Lipinski definition) is 1. The van der Waals surface area contributed by atoms with E-state index < -0.39 is 0 Å². The van der Waals surface area contributed by atoms with Crippen molar-refractivity contribution in [3.63, 3.8) is 0 Å². The van der Waals surface area contributed by atoms with Gasteiger partial charge < -0.3 is 15.0 Å². The number of para-hydroxylation sites is 1. The van der Waals surface area contributed by atoms with E-state index in [1.165, 1.54) is 5.56 Å². The minimum atomic E-state index is 0.533. The fourth-order valence-electron chi connectivity index (χ4n) is 3.43. The van der Waals surface area contributed by atoms with Gasteiger partial charge in [-0.1, -0.05) is 36.4 Å². The Labute approximate surface area is 163 Å². The van der Waals surface area contributed by atoms with Gasteiger partial charge in [0.25, 0.3) is 0 Å². The van der Waals surface area contributed by atoms with Crippen LogP contribution in [0.25, 0.3) is 11.4 Å². The molecule has 0 unspecified atom stereocenters. The Morgan fingerprint density at radius 1 is 0.893 bits per heavy atom. The average molecular weight is 372 g/mol. The number of fused-ring (bicyclic) bond motifs is 1.